The van der Waals surface area contributed by atoms with Crippen LogP contribution in [0.2, 0.25) is 0 Å². The third-order valence-electron chi connectivity index (χ3n) is 9.21. The maximum absolute atomic E-state index is 10.8. The quantitative estimate of drug-likeness (QED) is 0.124. The summed E-state index contributed by atoms with van der Waals surface area (Å²) in [5.41, 5.74) is 9.21. The van der Waals surface area contributed by atoms with Crippen LogP contribution < -0.4 is 9.47 Å². The lowest BCUT2D eigenvalue weighted by Gasteiger charge is -2.32. The Balaban J connectivity index is 1.32. The van der Waals surface area contributed by atoms with E-state index in [0.29, 0.717) is 0 Å². The van der Waals surface area contributed by atoms with Crippen molar-refractivity contribution in [1.82, 2.24) is 19.6 Å². The van der Waals surface area contributed by atoms with Crippen LogP contribution in [0.4, 0.5) is 0 Å². The maximum Gasteiger partial charge on any atom is 0.344 e. The summed E-state index contributed by atoms with van der Waals surface area (Å²) in [7, 11) is 5.54. The summed E-state index contributed by atoms with van der Waals surface area (Å²) in [6.45, 7) is 4.78. The van der Waals surface area contributed by atoms with Gasteiger partial charge in [-0.05, 0) is 65.7 Å². The summed E-state index contributed by atoms with van der Waals surface area (Å²) >= 11 is 1.55. The van der Waals surface area contributed by atoms with Crippen LogP contribution in [-0.4, -0.2) is 90.9 Å². The second-order valence-electron chi connectivity index (χ2n) is 12.4. The number of hydrogen-bond acceptors (Lipinski definition) is 9. The number of rotatable bonds is 12. The van der Waals surface area contributed by atoms with Crippen molar-refractivity contribution in [3.63, 3.8) is 0 Å². The molecule has 0 amide bonds. The predicted molar refractivity (Wildman–Crippen MR) is 191 cm³/mol. The van der Waals surface area contributed by atoms with Gasteiger partial charge >= 0.3 is 5.97 Å². The number of carboxylic acid groups (broad SMARTS) is 1. The highest BCUT2D eigenvalue weighted by atomic mass is 32.1. The van der Waals surface area contributed by atoms with Crippen molar-refractivity contribution < 1.29 is 24.2 Å². The average molecular weight is 678 g/mol. The number of ether oxygens (including phenoxy) is 2. The van der Waals surface area contributed by atoms with Crippen LogP contribution in [0.25, 0.3) is 21.8 Å². The molecule has 0 bridgehead atoms. The molecule has 0 saturated carbocycles. The topological polar surface area (TPSA) is 102 Å². The van der Waals surface area contributed by atoms with Gasteiger partial charge in [0.1, 0.15) is 23.2 Å². The Morgan fingerprint density at radius 3 is 2.24 bits per heavy atom. The molecule has 0 unspecified atom stereocenters. The van der Waals surface area contributed by atoms with E-state index in [2.05, 4.69) is 69.1 Å². The Bertz CT molecular complexity index is 1910. The van der Waals surface area contributed by atoms with Gasteiger partial charge in [-0.25, -0.2) is 4.79 Å². The van der Waals surface area contributed by atoms with E-state index in [4.69, 9.17) is 24.5 Å². The third-order valence-corrected chi connectivity index (χ3v) is 10.2. The monoisotopic (exact) mass is 677 g/mol. The molecular weight excluding hydrogens is 639 g/mol. The molecule has 0 atom stereocenters. The predicted octanol–water partition coefficient (Wildman–Crippen LogP) is 6.02. The van der Waals surface area contributed by atoms with Gasteiger partial charge in [0.05, 0.1) is 31.0 Å². The molecule has 3 heterocycles. The van der Waals surface area contributed by atoms with Crippen LogP contribution in [0, 0.1) is 0 Å². The van der Waals surface area contributed by atoms with E-state index < -0.39 is 12.6 Å². The summed E-state index contributed by atoms with van der Waals surface area (Å²) in [5, 5.41) is 18.1. The van der Waals surface area contributed by atoms with Gasteiger partial charge in [0, 0.05) is 55.1 Å². The molecule has 10 nitrogen and oxygen atoms in total. The van der Waals surface area contributed by atoms with E-state index in [1.807, 2.05) is 36.4 Å². The normalized spacial score (nSPS) is 14.7. The second-order valence-corrected chi connectivity index (χ2v) is 13.5. The summed E-state index contributed by atoms with van der Waals surface area (Å²) in [4.78, 5) is 22.5. The molecule has 1 aliphatic carbocycles. The lowest BCUT2D eigenvalue weighted by atomic mass is 9.97. The first-order chi connectivity index (χ1) is 23.9. The number of carboxylic acids is 1. The summed E-state index contributed by atoms with van der Waals surface area (Å²) < 4.78 is 13.2. The van der Waals surface area contributed by atoms with Crippen LogP contribution in [0.15, 0.2) is 84.0 Å². The number of piperazine rings is 1. The van der Waals surface area contributed by atoms with Crippen molar-refractivity contribution >= 4 is 23.5 Å². The number of benzene rings is 3. The third kappa shape index (κ3) is 6.96. The van der Waals surface area contributed by atoms with Crippen molar-refractivity contribution in [2.24, 2.45) is 5.16 Å². The Kier molecular flexibility index (Phi) is 9.47. The molecule has 5 aromatic rings. The minimum atomic E-state index is -1.07. The zero-order valence-corrected chi connectivity index (χ0v) is 28.7. The van der Waals surface area contributed by atoms with Crippen LogP contribution >= 0.6 is 11.3 Å². The first-order valence-electron chi connectivity index (χ1n) is 16.3. The number of oxime groups is 1. The zero-order chi connectivity index (χ0) is 33.9. The van der Waals surface area contributed by atoms with Gasteiger partial charge in [-0.3, -0.25) is 9.58 Å². The van der Waals surface area contributed by atoms with Gasteiger partial charge in [0.2, 0.25) is 6.61 Å². The fourth-order valence-corrected chi connectivity index (χ4v) is 7.55. The molecule has 1 saturated heterocycles. The highest BCUT2D eigenvalue weighted by molar-refractivity contribution is 7.17. The van der Waals surface area contributed by atoms with E-state index in [-0.39, 0.29) is 6.04 Å². The van der Waals surface area contributed by atoms with E-state index in [1.165, 1.54) is 22.3 Å². The van der Waals surface area contributed by atoms with E-state index in [9.17, 15) is 4.79 Å². The Hall–Kier alpha value is -4.97. The second kappa shape index (κ2) is 14.3. The van der Waals surface area contributed by atoms with Crippen LogP contribution in [0.1, 0.15) is 38.7 Å². The van der Waals surface area contributed by atoms with Gasteiger partial charge in [0.25, 0.3) is 0 Å². The maximum atomic E-state index is 10.8. The van der Waals surface area contributed by atoms with Gasteiger partial charge < -0.3 is 24.3 Å². The number of aromatic nitrogens is 2. The highest BCUT2D eigenvalue weighted by Gasteiger charge is 2.33. The standard InChI is InChI=1S/C38H39N5O5S/c1-41-16-18-42(19-17-41)23-25-4-14-32-28(20-25)21-33-36(34-15-13-31(49-34)22-39-48-24-35(44)45)40-43(38(32)33)37(26-5-9-29(46-2)10-6-26)27-7-11-30(47-3)12-8-27/h4-15,20,22,37H,16-19,21,23-24H2,1-3H3,(H,44,45). The lowest BCUT2D eigenvalue weighted by molar-refractivity contribution is -0.142. The van der Waals surface area contributed by atoms with Gasteiger partial charge in [-0.2, -0.15) is 5.10 Å². The first-order valence-corrected chi connectivity index (χ1v) is 17.1. The van der Waals surface area contributed by atoms with Gasteiger partial charge in [-0.15, -0.1) is 11.3 Å². The SMILES string of the molecule is COc1ccc(C(c2ccc(OC)cc2)n2nc(-c3ccc(C=NOCC(=O)O)s3)c3c2-c2ccc(CN4CCN(C)CC4)cc2C3)cc1. The van der Waals surface area contributed by atoms with Crippen LogP contribution in [0.3, 0.4) is 0 Å². The number of fused-ring (bicyclic) bond motifs is 3. The molecule has 3 aromatic carbocycles. The molecule has 1 N–H and O–H groups in total. The molecule has 49 heavy (non-hydrogen) atoms. The molecule has 252 valence electrons. The minimum absolute atomic E-state index is 0.222. The Morgan fingerprint density at radius 1 is 0.939 bits per heavy atom. The molecule has 0 spiro atoms. The zero-order valence-electron chi connectivity index (χ0n) is 27.8. The molecule has 2 aliphatic rings. The lowest BCUT2D eigenvalue weighted by Crippen LogP contribution is -2.43. The summed E-state index contributed by atoms with van der Waals surface area (Å²) in [6, 6.07) is 27.1. The van der Waals surface area contributed by atoms with Gasteiger partial charge in [-0.1, -0.05) is 47.6 Å². The highest BCUT2D eigenvalue weighted by Crippen LogP contribution is 2.46. The van der Waals surface area contributed by atoms with Crippen LogP contribution in [-0.2, 0) is 22.6 Å². The van der Waals surface area contributed by atoms with E-state index in [1.54, 1.807) is 31.8 Å². The molecule has 1 aliphatic heterocycles. The number of methoxy groups -OCH3 is 2. The molecule has 1 fully saturated rings. The number of aliphatic carboxylic acids is 1. The Labute approximate surface area is 289 Å². The van der Waals surface area contributed by atoms with Crippen LogP contribution in [0.5, 0.6) is 11.5 Å². The minimum Gasteiger partial charge on any atom is -0.497 e. The Morgan fingerprint density at radius 2 is 1.61 bits per heavy atom. The number of carbonyl (C=O) groups is 1. The van der Waals surface area contributed by atoms with Crippen molar-refractivity contribution in [3.05, 3.63) is 112 Å². The number of likely N-dealkylation sites (N-methyl/N-ethyl adjacent to an activating group) is 1. The molecular formula is C38H39N5O5S. The van der Waals surface area contributed by atoms with E-state index in [0.717, 1.165) is 82.9 Å². The summed E-state index contributed by atoms with van der Waals surface area (Å²) in [5.74, 6) is 0.517. The molecule has 11 heteroatoms. The number of thiophene rings is 1. The number of hydrogen-bond donors (Lipinski definition) is 1. The van der Waals surface area contributed by atoms with Crippen molar-refractivity contribution in [3.8, 4) is 33.3 Å². The summed E-state index contributed by atoms with van der Waals surface area (Å²) in [6.07, 6.45) is 2.32. The molecule has 2 aromatic heterocycles. The van der Waals surface area contributed by atoms with Gasteiger partial charge in [0.15, 0.2) is 0 Å². The number of nitrogens with zero attached hydrogens (tertiary/aromatic N) is 5. The van der Waals surface area contributed by atoms with Crippen molar-refractivity contribution in [2.75, 3.05) is 54.1 Å². The smallest absolute Gasteiger partial charge is 0.344 e. The largest absolute Gasteiger partial charge is 0.497 e. The molecule has 7 rings (SSSR count). The average Bonchev–Trinajstić information content (AvgIpc) is 3.83. The fourth-order valence-electron chi connectivity index (χ4n) is 6.66. The van der Waals surface area contributed by atoms with Crippen molar-refractivity contribution in [1.29, 1.82) is 0 Å². The first kappa shape index (κ1) is 32.6. The molecule has 0 radical (unpaired) electrons. The fraction of sp³-hybridized carbons (Fsp3) is 0.289. The van der Waals surface area contributed by atoms with Crippen molar-refractivity contribution in [2.45, 2.75) is 19.0 Å². The van der Waals surface area contributed by atoms with E-state index >= 15 is 0 Å².